The molecule has 0 aliphatic heterocycles. The first-order chi connectivity index (χ1) is 19.7. The maximum absolute atomic E-state index is 13.5. The summed E-state index contributed by atoms with van der Waals surface area (Å²) in [6.45, 7) is 13.4. The predicted octanol–water partition coefficient (Wildman–Crippen LogP) is 5.68. The van der Waals surface area contributed by atoms with E-state index in [9.17, 15) is 30.0 Å². The van der Waals surface area contributed by atoms with Crippen LogP contribution < -0.4 is 5.43 Å². The summed E-state index contributed by atoms with van der Waals surface area (Å²) in [5, 5.41) is 43.2. The first kappa shape index (κ1) is 28.9. The van der Waals surface area contributed by atoms with Gasteiger partial charge in [-0.05, 0) is 79.3 Å². The van der Waals surface area contributed by atoms with Gasteiger partial charge < -0.3 is 24.8 Å². The van der Waals surface area contributed by atoms with Crippen molar-refractivity contribution in [2.24, 2.45) is 34.5 Å². The molecule has 4 aliphatic carbocycles. The molecular weight excluding hydrogens is 532 g/mol. The Bertz CT molecular complexity index is 1590. The minimum absolute atomic E-state index is 0.0347. The van der Waals surface area contributed by atoms with Crippen molar-refractivity contribution in [3.8, 4) is 11.5 Å². The van der Waals surface area contributed by atoms with Gasteiger partial charge in [-0.25, -0.2) is 0 Å². The van der Waals surface area contributed by atoms with Crippen molar-refractivity contribution in [1.82, 2.24) is 0 Å². The lowest BCUT2D eigenvalue weighted by Crippen LogP contribution is -2.56. The van der Waals surface area contributed by atoms with Gasteiger partial charge in [-0.1, -0.05) is 51.5 Å². The Morgan fingerprint density at radius 2 is 1.79 bits per heavy atom. The molecule has 1 aromatic carbocycles. The first-order valence-corrected chi connectivity index (χ1v) is 15.2. The molecule has 2 aromatic rings. The van der Waals surface area contributed by atoms with Crippen molar-refractivity contribution in [3.05, 3.63) is 70.1 Å². The predicted molar refractivity (Wildman–Crippen MR) is 160 cm³/mol. The molecule has 0 saturated heterocycles. The number of carbonyl (C=O) groups excluding carboxylic acids is 1. The third-order valence-corrected chi connectivity index (χ3v) is 11.7. The van der Waals surface area contributed by atoms with Crippen molar-refractivity contribution in [1.29, 1.82) is 0 Å². The largest absolute Gasteiger partial charge is 0.508 e. The highest BCUT2D eigenvalue weighted by molar-refractivity contribution is 5.95. The van der Waals surface area contributed by atoms with E-state index in [0.717, 1.165) is 36.5 Å². The number of aliphatic hydroxyl groups excluding tert-OH is 2. The molecule has 8 atom stereocenters. The maximum atomic E-state index is 13.5. The van der Waals surface area contributed by atoms with Gasteiger partial charge in [-0.3, -0.25) is 9.59 Å². The smallest absolute Gasteiger partial charge is 0.196 e. The molecule has 1 aromatic heterocycles. The second kappa shape index (κ2) is 9.68. The van der Waals surface area contributed by atoms with E-state index >= 15 is 0 Å². The summed E-state index contributed by atoms with van der Waals surface area (Å²) in [6.07, 6.45) is 8.26. The van der Waals surface area contributed by atoms with Crippen LogP contribution in [0.4, 0.5) is 0 Å². The van der Waals surface area contributed by atoms with Crippen LogP contribution in [0.1, 0.15) is 72.0 Å². The normalized spacial score (nSPS) is 37.7. The molecule has 2 saturated carbocycles. The number of hydrogen-bond acceptors (Lipinski definition) is 7. The average Bonchev–Trinajstić information content (AvgIpc) is 2.90. The van der Waals surface area contributed by atoms with Gasteiger partial charge in [-0.2, -0.15) is 0 Å². The molecule has 0 amide bonds. The molecule has 6 rings (SSSR count). The SMILES string of the molecule is C=C1[C@@H](O)C[C@H]2C(C)(C)CCC[C@]2(C)[C@H]1C[C@@H]1C(C)=CC[C@H]2C(O)C(=O)C=C[C@@]12c1cc(=O)c2c(O)cc(O)cc2o1. The lowest BCUT2D eigenvalue weighted by atomic mass is 9.44. The second-order valence-electron chi connectivity index (χ2n) is 14.3. The maximum Gasteiger partial charge on any atom is 0.196 e. The standard InChI is InChI=1S/C35H42O7/c1-18-7-8-21-32(41)24(37)9-12-35(21,30-17-27(40)31-26(39)13-20(36)14-28(31)42-30)22(18)15-23-19(2)25(38)16-29-33(3,4)10-6-11-34(23,29)5/h7,9,12-14,17,21-23,25,29,32,36,38-39,41H,2,6,8,10-11,15-16H2,1,3-5H3/t21-,22+,23-,25-,29-,32?,34+,35-/m0/s1. The Morgan fingerprint density at radius 1 is 1.05 bits per heavy atom. The number of phenolic OH excluding ortho intramolecular Hbond substituents is 2. The number of allylic oxidation sites excluding steroid dienone is 3. The van der Waals surface area contributed by atoms with E-state index in [1.54, 1.807) is 6.08 Å². The number of fused-ring (bicyclic) bond motifs is 3. The average molecular weight is 575 g/mol. The van der Waals surface area contributed by atoms with Crippen LogP contribution in [0.3, 0.4) is 0 Å². The van der Waals surface area contributed by atoms with Crippen LogP contribution in [-0.2, 0) is 10.2 Å². The van der Waals surface area contributed by atoms with Crippen molar-refractivity contribution in [3.63, 3.8) is 0 Å². The Hall–Kier alpha value is -3.16. The van der Waals surface area contributed by atoms with Crippen molar-refractivity contribution in [2.75, 3.05) is 0 Å². The van der Waals surface area contributed by atoms with Gasteiger partial charge in [0.1, 0.15) is 34.3 Å². The number of rotatable bonds is 3. The van der Waals surface area contributed by atoms with Crippen LogP contribution in [0.15, 0.2) is 63.4 Å². The Balaban J connectivity index is 1.56. The van der Waals surface area contributed by atoms with E-state index in [4.69, 9.17) is 4.42 Å². The zero-order chi connectivity index (χ0) is 30.4. The molecule has 42 heavy (non-hydrogen) atoms. The summed E-state index contributed by atoms with van der Waals surface area (Å²) in [6, 6.07) is 3.76. The highest BCUT2D eigenvalue weighted by atomic mass is 16.3. The monoisotopic (exact) mass is 574 g/mol. The number of ketones is 1. The molecule has 4 aliphatic rings. The highest BCUT2D eigenvalue weighted by Gasteiger charge is 2.59. The van der Waals surface area contributed by atoms with Crippen molar-refractivity contribution in [2.45, 2.75) is 83.8 Å². The zero-order valence-corrected chi connectivity index (χ0v) is 24.9. The van der Waals surface area contributed by atoms with Crippen LogP contribution in [0.25, 0.3) is 11.0 Å². The van der Waals surface area contributed by atoms with Crippen molar-refractivity contribution < 1.29 is 29.6 Å². The number of carbonyl (C=O) groups is 1. The van der Waals surface area contributed by atoms with Gasteiger partial charge in [0, 0.05) is 24.1 Å². The van der Waals surface area contributed by atoms with Gasteiger partial charge in [0.05, 0.1) is 11.5 Å². The second-order valence-corrected chi connectivity index (χ2v) is 14.3. The topological polar surface area (TPSA) is 128 Å². The van der Waals surface area contributed by atoms with E-state index in [1.165, 1.54) is 18.2 Å². The van der Waals surface area contributed by atoms with E-state index in [2.05, 4.69) is 33.4 Å². The summed E-state index contributed by atoms with van der Waals surface area (Å²) in [5.41, 5.74) is 0.339. The molecule has 7 heteroatoms. The van der Waals surface area contributed by atoms with Gasteiger partial charge in [0.15, 0.2) is 11.2 Å². The molecule has 224 valence electrons. The molecular formula is C35H42O7. The van der Waals surface area contributed by atoms with E-state index in [1.807, 2.05) is 6.92 Å². The first-order valence-electron chi connectivity index (χ1n) is 15.2. The number of aliphatic hydroxyl groups is 2. The third kappa shape index (κ3) is 4.07. The van der Waals surface area contributed by atoms with Gasteiger partial charge in [0.2, 0.25) is 0 Å². The van der Waals surface area contributed by atoms with Gasteiger partial charge >= 0.3 is 0 Å². The fraction of sp³-hybridized carbons (Fsp3) is 0.543. The summed E-state index contributed by atoms with van der Waals surface area (Å²) < 4.78 is 6.38. The van der Waals surface area contributed by atoms with Crippen LogP contribution in [-0.4, -0.2) is 38.4 Å². The molecule has 0 radical (unpaired) electrons. The van der Waals surface area contributed by atoms with Crippen LogP contribution in [0, 0.1) is 34.5 Å². The van der Waals surface area contributed by atoms with Gasteiger partial charge in [0.25, 0.3) is 0 Å². The summed E-state index contributed by atoms with van der Waals surface area (Å²) >= 11 is 0. The molecule has 2 fully saturated rings. The number of phenols is 2. The quantitative estimate of drug-likeness (QED) is 0.347. The minimum atomic E-state index is -1.29. The number of hydrogen-bond donors (Lipinski definition) is 4. The molecule has 7 nitrogen and oxygen atoms in total. The molecule has 0 bridgehead atoms. The highest BCUT2D eigenvalue weighted by Crippen LogP contribution is 2.64. The summed E-state index contributed by atoms with van der Waals surface area (Å²) in [4.78, 5) is 26.3. The summed E-state index contributed by atoms with van der Waals surface area (Å²) in [5.74, 6) is -1.36. The Morgan fingerprint density at radius 3 is 2.52 bits per heavy atom. The van der Waals surface area contributed by atoms with Crippen LogP contribution in [0.2, 0.25) is 0 Å². The number of benzene rings is 1. The van der Waals surface area contributed by atoms with E-state index in [-0.39, 0.29) is 56.7 Å². The molecule has 0 spiro atoms. The van der Waals surface area contributed by atoms with Crippen LogP contribution in [0.5, 0.6) is 11.5 Å². The molecule has 1 unspecified atom stereocenters. The Labute approximate surface area is 246 Å². The van der Waals surface area contributed by atoms with E-state index < -0.39 is 29.0 Å². The molecule has 1 heterocycles. The van der Waals surface area contributed by atoms with Crippen molar-refractivity contribution >= 4 is 16.8 Å². The third-order valence-electron chi connectivity index (χ3n) is 11.7. The Kier molecular flexibility index (Phi) is 6.67. The zero-order valence-electron chi connectivity index (χ0n) is 24.9. The van der Waals surface area contributed by atoms with Crippen LogP contribution >= 0.6 is 0 Å². The summed E-state index contributed by atoms with van der Waals surface area (Å²) in [7, 11) is 0. The molecule has 4 N–H and O–H groups in total. The number of aromatic hydroxyl groups is 2. The fourth-order valence-electron chi connectivity index (χ4n) is 9.57. The lowest BCUT2D eigenvalue weighted by molar-refractivity contribution is -0.129. The fourth-order valence-corrected chi connectivity index (χ4v) is 9.57. The minimum Gasteiger partial charge on any atom is -0.508 e. The van der Waals surface area contributed by atoms with E-state index in [0.29, 0.717) is 25.2 Å². The lowest BCUT2D eigenvalue weighted by Gasteiger charge is -2.60. The van der Waals surface area contributed by atoms with Gasteiger partial charge in [-0.15, -0.1) is 0 Å².